The van der Waals surface area contributed by atoms with Gasteiger partial charge in [-0.3, -0.25) is 0 Å². The average molecular weight is 399 g/mol. The zero-order chi connectivity index (χ0) is 20.0. The smallest absolute Gasteiger partial charge is 0.123 e. The Morgan fingerprint density at radius 3 is 1.89 bits per heavy atom. The lowest BCUT2D eigenvalue weighted by Gasteiger charge is -2.33. The summed E-state index contributed by atoms with van der Waals surface area (Å²) in [6.07, 6.45) is 0.995. The van der Waals surface area contributed by atoms with E-state index in [-0.39, 0.29) is 11.9 Å². The molecule has 6 nitrogen and oxygen atoms in total. The Morgan fingerprint density at radius 1 is 0.926 bits per heavy atom. The van der Waals surface area contributed by atoms with Crippen molar-refractivity contribution in [3.8, 4) is 0 Å². The Bertz CT molecular complexity index is 708. The minimum atomic E-state index is -4.69. The molecule has 3 rings (SSSR count). The number of rotatable bonds is 4. The summed E-state index contributed by atoms with van der Waals surface area (Å²) < 4.78 is 46.3. The van der Waals surface area contributed by atoms with Crippen LogP contribution in [0.25, 0.3) is 0 Å². The summed E-state index contributed by atoms with van der Waals surface area (Å²) in [5.74, 6) is -0.153. The maximum Gasteiger partial charge on any atom is 0.123 e. The van der Waals surface area contributed by atoms with Gasteiger partial charge in [0.2, 0.25) is 0 Å². The van der Waals surface area contributed by atoms with E-state index in [2.05, 4.69) is 54.2 Å². The van der Waals surface area contributed by atoms with Crippen LogP contribution in [-0.4, -0.2) is 27.8 Å². The lowest BCUT2D eigenvalue weighted by atomic mass is 9.97. The van der Waals surface area contributed by atoms with Gasteiger partial charge in [-0.1, -0.05) is 56.3 Å². The van der Waals surface area contributed by atoms with Crippen molar-refractivity contribution >= 4 is 0 Å². The first-order valence-electron chi connectivity index (χ1n) is 8.71. The number of benzene rings is 2. The summed E-state index contributed by atoms with van der Waals surface area (Å²) in [4.78, 5) is 0. The largest absolute Gasteiger partial charge is 0.234 e. The summed E-state index contributed by atoms with van der Waals surface area (Å²) in [5, 5.41) is 4.80. The molecule has 1 fully saturated rings. The Morgan fingerprint density at radius 2 is 1.41 bits per heavy atom. The molecule has 2 atom stereocenters. The molecular formula is C19H24ClFN2O4. The zero-order valence-electron chi connectivity index (χ0n) is 15.3. The van der Waals surface area contributed by atoms with Gasteiger partial charge in [0.25, 0.3) is 0 Å². The molecule has 1 N–H and O–H groups in total. The van der Waals surface area contributed by atoms with E-state index in [1.807, 2.05) is 12.1 Å². The third-order valence-electron chi connectivity index (χ3n) is 4.56. The molecule has 2 unspecified atom stereocenters. The summed E-state index contributed by atoms with van der Waals surface area (Å²) >= 11 is 0. The highest BCUT2D eigenvalue weighted by molar-refractivity contribution is 5.25. The molecule has 27 heavy (non-hydrogen) atoms. The van der Waals surface area contributed by atoms with Gasteiger partial charge in [0.1, 0.15) is 5.82 Å². The second-order valence-corrected chi connectivity index (χ2v) is 6.93. The van der Waals surface area contributed by atoms with Gasteiger partial charge in [-0.15, -0.1) is 0 Å². The van der Waals surface area contributed by atoms with Crippen LogP contribution in [0.15, 0.2) is 54.6 Å². The second-order valence-electron chi connectivity index (χ2n) is 6.14. The highest BCUT2D eigenvalue weighted by atomic mass is 35.7. The van der Waals surface area contributed by atoms with Crippen LogP contribution in [0.3, 0.4) is 0 Å². The normalized spacial score (nSPS) is 21.0. The second kappa shape index (κ2) is 9.57. The van der Waals surface area contributed by atoms with Gasteiger partial charge < -0.3 is 0 Å². The molecule has 0 bridgehead atoms. The Hall–Kier alpha value is -1.58. The lowest BCUT2D eigenvalue weighted by Crippen LogP contribution is -2.58. The summed E-state index contributed by atoms with van der Waals surface area (Å²) in [5.41, 5.74) is 2.40. The van der Waals surface area contributed by atoms with Crippen molar-refractivity contribution in [2.45, 2.75) is 32.4 Å². The van der Waals surface area contributed by atoms with Crippen LogP contribution in [0.2, 0.25) is 0 Å². The molecule has 1 heterocycles. The van der Waals surface area contributed by atoms with E-state index in [0.717, 1.165) is 25.1 Å². The zero-order valence-corrected chi connectivity index (χ0v) is 16.1. The molecule has 148 valence electrons. The molecule has 1 aliphatic rings. The monoisotopic (exact) mass is 398 g/mol. The van der Waals surface area contributed by atoms with Crippen LogP contribution in [0.5, 0.6) is 0 Å². The Balaban J connectivity index is 0.000000465. The summed E-state index contributed by atoms with van der Waals surface area (Å²) in [6, 6.07) is 18.3. The van der Waals surface area contributed by atoms with Gasteiger partial charge in [-0.05, 0) is 29.7 Å². The van der Waals surface area contributed by atoms with E-state index in [4.69, 9.17) is 18.6 Å². The van der Waals surface area contributed by atoms with E-state index in [0.29, 0.717) is 6.04 Å². The van der Waals surface area contributed by atoms with Crippen molar-refractivity contribution in [1.82, 2.24) is 10.0 Å². The van der Waals surface area contributed by atoms with Crippen molar-refractivity contribution in [3.63, 3.8) is 0 Å². The molecule has 1 aliphatic heterocycles. The topological polar surface area (TPSA) is 95.9 Å². The van der Waals surface area contributed by atoms with E-state index in [9.17, 15) is 4.39 Å². The van der Waals surface area contributed by atoms with Crippen LogP contribution >= 0.6 is 0 Å². The molecule has 0 spiro atoms. The maximum atomic E-state index is 13.6. The van der Waals surface area contributed by atoms with Gasteiger partial charge in [0.15, 0.2) is 0 Å². The van der Waals surface area contributed by atoms with E-state index in [1.165, 1.54) is 11.6 Å². The Kier molecular flexibility index (Phi) is 7.69. The molecule has 0 saturated carbocycles. The lowest BCUT2D eigenvalue weighted by molar-refractivity contribution is -1.92. The van der Waals surface area contributed by atoms with Gasteiger partial charge in [0.05, 0.1) is 27.0 Å². The van der Waals surface area contributed by atoms with Crippen molar-refractivity contribution in [1.29, 1.82) is 0 Å². The highest BCUT2D eigenvalue weighted by Gasteiger charge is 2.38. The number of nitrogens with zero attached hydrogens (tertiary/aromatic N) is 2. The fraction of sp³-hybridized carbons (Fsp3) is 0.368. The van der Waals surface area contributed by atoms with Crippen LogP contribution in [-0.2, 0) is 0 Å². The molecule has 2 aromatic rings. The van der Waals surface area contributed by atoms with Gasteiger partial charge >= 0.3 is 0 Å². The number of hydrogen-bond donors (Lipinski definition) is 1. The van der Waals surface area contributed by atoms with Gasteiger partial charge in [-0.25, -0.2) is 14.4 Å². The van der Waals surface area contributed by atoms with Crippen molar-refractivity contribution in [2.75, 3.05) is 13.1 Å². The molecule has 0 aromatic heterocycles. The minimum Gasteiger partial charge on any atom is -0.234 e. The fourth-order valence-corrected chi connectivity index (χ4v) is 3.62. The quantitative estimate of drug-likeness (QED) is 0.803. The predicted molar refractivity (Wildman–Crippen MR) is 89.9 cm³/mol. The first-order chi connectivity index (χ1) is 12.7. The van der Waals surface area contributed by atoms with Crippen molar-refractivity contribution < 1.29 is 33.3 Å². The van der Waals surface area contributed by atoms with E-state index < -0.39 is 10.2 Å². The van der Waals surface area contributed by atoms with E-state index >= 15 is 0 Å². The minimum absolute atomic E-state index is 0.153. The van der Waals surface area contributed by atoms with Crippen LogP contribution in [0.1, 0.15) is 43.5 Å². The molecule has 1 saturated heterocycles. The predicted octanol–water partition coefficient (Wildman–Crippen LogP) is 0.447. The molecule has 0 aliphatic carbocycles. The number of hydrazine groups is 1. The number of halogens is 2. The van der Waals surface area contributed by atoms with Crippen molar-refractivity contribution in [3.05, 3.63) is 71.5 Å². The summed E-state index contributed by atoms with van der Waals surface area (Å²) in [7, 11) is -4.69. The van der Waals surface area contributed by atoms with Crippen LogP contribution in [0, 0.1) is 16.1 Å². The van der Waals surface area contributed by atoms with Crippen molar-refractivity contribution in [2.24, 2.45) is 0 Å². The molecule has 0 radical (unpaired) electrons. The summed E-state index contributed by atoms with van der Waals surface area (Å²) in [6.45, 7) is 6.24. The van der Waals surface area contributed by atoms with Crippen LogP contribution < -0.4 is 14.0 Å². The highest BCUT2D eigenvalue weighted by Crippen LogP contribution is 2.43. The van der Waals surface area contributed by atoms with Gasteiger partial charge in [0, 0.05) is 13.1 Å². The first-order valence-corrected chi connectivity index (χ1v) is 9.97. The SMILES string of the molecule is CCN1C(c2ccccc2)CC(c2cccc(F)c2)N1CC.[O-][Cl+3]([O-])([O-])O. The van der Waals surface area contributed by atoms with E-state index in [1.54, 1.807) is 6.07 Å². The third-order valence-corrected chi connectivity index (χ3v) is 4.56. The van der Waals surface area contributed by atoms with Crippen LogP contribution in [0.4, 0.5) is 4.39 Å². The molecule has 0 amide bonds. The number of hydrogen-bond acceptors (Lipinski definition) is 6. The molecule has 8 heteroatoms. The maximum absolute atomic E-state index is 13.6. The molecular weight excluding hydrogens is 375 g/mol. The Labute approximate surface area is 160 Å². The fourth-order valence-electron chi connectivity index (χ4n) is 3.62. The van der Waals surface area contributed by atoms with Gasteiger partial charge in [-0.2, -0.15) is 14.0 Å². The first kappa shape index (κ1) is 21.7. The molecule has 2 aromatic carbocycles. The average Bonchev–Trinajstić information content (AvgIpc) is 2.99. The standard InChI is InChI=1S/C19H23FN2.ClHO4/c1-3-21-18(15-9-6-5-7-10-15)14-19(22(21)4-2)16-11-8-12-17(20)13-16;2-1(3,4)5/h5-13,18-19H,3-4,14H2,1-2H3;(H,2,3,4,5). The third kappa shape index (κ3) is 6.22.